The van der Waals surface area contributed by atoms with Crippen molar-refractivity contribution in [3.8, 4) is 0 Å². The lowest BCUT2D eigenvalue weighted by Crippen LogP contribution is -2.59. The molecule has 4 N–H and O–H groups in total. The predicted molar refractivity (Wildman–Crippen MR) is 47.0 cm³/mol. The Bertz CT molecular complexity index is 293. The fraction of sp³-hybridized carbons (Fsp3) is 0.500. The van der Waals surface area contributed by atoms with Gasteiger partial charge in [-0.2, -0.15) is 13.2 Å². The summed E-state index contributed by atoms with van der Waals surface area (Å²) in [6, 6.07) is 0. The maximum Gasteiger partial charge on any atom is 0.416 e. The zero-order chi connectivity index (χ0) is 11.0. The van der Waals surface area contributed by atoms with E-state index in [1.165, 1.54) is 20.0 Å². The average molecular weight is 207 g/mol. The lowest BCUT2D eigenvalue weighted by atomic mass is 9.98. The summed E-state index contributed by atoms with van der Waals surface area (Å²) in [4.78, 5) is 0. The van der Waals surface area contributed by atoms with Gasteiger partial charge in [0, 0.05) is 0 Å². The second kappa shape index (κ2) is 3.20. The van der Waals surface area contributed by atoms with Crippen LogP contribution in [0.5, 0.6) is 0 Å². The Morgan fingerprint density at radius 3 is 2.43 bits per heavy atom. The molecule has 80 valence electrons. The molecule has 0 spiro atoms. The lowest BCUT2D eigenvalue weighted by Gasteiger charge is -2.37. The number of nitrogens with two attached hydrogens (primary N) is 1. The highest BCUT2D eigenvalue weighted by Crippen LogP contribution is 2.34. The molecule has 0 aromatic rings. The molecule has 0 aliphatic carbocycles. The van der Waals surface area contributed by atoms with Crippen LogP contribution in [0.3, 0.4) is 0 Å². The monoisotopic (exact) mass is 207 g/mol. The lowest BCUT2D eigenvalue weighted by molar-refractivity contribution is -0.103. The van der Waals surface area contributed by atoms with Gasteiger partial charge in [0.15, 0.2) is 0 Å². The smallest absolute Gasteiger partial charge is 0.385 e. The number of nitrogens with one attached hydrogen (secondary N) is 2. The van der Waals surface area contributed by atoms with Crippen molar-refractivity contribution in [2.45, 2.75) is 18.8 Å². The Morgan fingerprint density at radius 1 is 1.43 bits per heavy atom. The van der Waals surface area contributed by atoms with Crippen molar-refractivity contribution in [2.75, 3.05) is 7.05 Å². The zero-order valence-electron chi connectivity index (χ0n) is 7.87. The van der Waals surface area contributed by atoms with E-state index in [4.69, 9.17) is 5.73 Å². The maximum absolute atomic E-state index is 12.5. The van der Waals surface area contributed by atoms with Gasteiger partial charge >= 0.3 is 6.18 Å². The second-order valence-electron chi connectivity index (χ2n) is 3.20. The van der Waals surface area contributed by atoms with Crippen LogP contribution in [-0.2, 0) is 0 Å². The molecule has 1 heterocycles. The summed E-state index contributed by atoms with van der Waals surface area (Å²) in [7, 11) is 1.44. The van der Waals surface area contributed by atoms with Crippen molar-refractivity contribution < 1.29 is 13.2 Å². The quantitative estimate of drug-likeness (QED) is 0.596. The molecule has 1 aliphatic rings. The van der Waals surface area contributed by atoms with Crippen molar-refractivity contribution >= 4 is 0 Å². The molecule has 6 heteroatoms. The van der Waals surface area contributed by atoms with Gasteiger partial charge in [-0.25, -0.2) is 0 Å². The van der Waals surface area contributed by atoms with Crippen LogP contribution in [0.1, 0.15) is 6.92 Å². The Hall–Kier alpha value is -1.17. The van der Waals surface area contributed by atoms with E-state index in [-0.39, 0.29) is 5.82 Å². The van der Waals surface area contributed by atoms with Gasteiger partial charge < -0.3 is 11.1 Å². The molecular formula is C8H12F3N3. The molecule has 0 fully saturated rings. The molecule has 1 rings (SSSR count). The van der Waals surface area contributed by atoms with Crippen LogP contribution >= 0.6 is 0 Å². The van der Waals surface area contributed by atoms with Crippen LogP contribution in [0.4, 0.5) is 13.2 Å². The number of rotatable bonds is 1. The summed E-state index contributed by atoms with van der Waals surface area (Å²) in [6.45, 7) is 1.38. The van der Waals surface area contributed by atoms with E-state index >= 15 is 0 Å². The van der Waals surface area contributed by atoms with Gasteiger partial charge in [-0.3, -0.25) is 5.32 Å². The van der Waals surface area contributed by atoms with Gasteiger partial charge in [0.25, 0.3) is 0 Å². The van der Waals surface area contributed by atoms with Gasteiger partial charge in [-0.1, -0.05) is 0 Å². The Kier molecular flexibility index (Phi) is 2.49. The maximum atomic E-state index is 12.5. The summed E-state index contributed by atoms with van der Waals surface area (Å²) in [5.41, 5.74) is 3.33. The third-order valence-corrected chi connectivity index (χ3v) is 2.17. The summed E-state index contributed by atoms with van der Waals surface area (Å²) in [5.74, 6) is 0.204. The molecule has 1 atom stereocenters. The molecule has 0 saturated heterocycles. The fourth-order valence-corrected chi connectivity index (χ4v) is 1.31. The van der Waals surface area contributed by atoms with E-state index in [2.05, 4.69) is 10.6 Å². The number of alkyl halides is 3. The van der Waals surface area contributed by atoms with E-state index in [1.807, 2.05) is 0 Å². The number of hydrogen-bond acceptors (Lipinski definition) is 3. The van der Waals surface area contributed by atoms with Crippen molar-refractivity contribution in [3.05, 3.63) is 23.5 Å². The first kappa shape index (κ1) is 10.9. The van der Waals surface area contributed by atoms with Crippen molar-refractivity contribution in [3.63, 3.8) is 0 Å². The van der Waals surface area contributed by atoms with Crippen LogP contribution in [-0.4, -0.2) is 18.9 Å². The highest BCUT2D eigenvalue weighted by atomic mass is 19.4. The zero-order valence-corrected chi connectivity index (χ0v) is 7.87. The van der Waals surface area contributed by atoms with Crippen molar-refractivity contribution in [1.82, 2.24) is 10.6 Å². The van der Waals surface area contributed by atoms with Crippen LogP contribution in [0.25, 0.3) is 0 Å². The summed E-state index contributed by atoms with van der Waals surface area (Å²) < 4.78 is 37.6. The molecule has 0 bridgehead atoms. The number of halogens is 3. The normalized spacial score (nSPS) is 27.8. The van der Waals surface area contributed by atoms with Crippen molar-refractivity contribution in [2.24, 2.45) is 5.73 Å². The van der Waals surface area contributed by atoms with Gasteiger partial charge in [-0.15, -0.1) is 0 Å². The Balaban J connectivity index is 3.11. The molecule has 0 aromatic heterocycles. The highest BCUT2D eigenvalue weighted by molar-refractivity contribution is 5.33. The standard InChI is InChI=1S/C8H12F3N3/c1-7(13-2)5(8(9,10)11)3-4-6(12)14-7/h3-4,13-14H,12H2,1-2H3. The van der Waals surface area contributed by atoms with Gasteiger partial charge in [0.05, 0.1) is 11.4 Å². The SMILES string of the molecule is CNC1(C)NC(N)=CC=C1C(F)(F)F. The summed E-state index contributed by atoms with van der Waals surface area (Å²) in [5, 5.41) is 5.09. The summed E-state index contributed by atoms with van der Waals surface area (Å²) >= 11 is 0. The number of hydrogen-bond donors (Lipinski definition) is 3. The summed E-state index contributed by atoms with van der Waals surface area (Å²) in [6.07, 6.45) is -2.20. The van der Waals surface area contributed by atoms with E-state index in [0.29, 0.717) is 0 Å². The second-order valence-corrected chi connectivity index (χ2v) is 3.20. The van der Waals surface area contributed by atoms with E-state index in [1.54, 1.807) is 0 Å². The third-order valence-electron chi connectivity index (χ3n) is 2.17. The van der Waals surface area contributed by atoms with Gasteiger partial charge in [0.1, 0.15) is 5.66 Å². The minimum atomic E-state index is -4.37. The largest absolute Gasteiger partial charge is 0.416 e. The molecule has 3 nitrogen and oxygen atoms in total. The first-order valence-electron chi connectivity index (χ1n) is 4.02. The van der Waals surface area contributed by atoms with Crippen LogP contribution in [0, 0.1) is 0 Å². The molecular weight excluding hydrogens is 195 g/mol. The molecule has 0 radical (unpaired) electrons. The van der Waals surface area contributed by atoms with Gasteiger partial charge in [-0.05, 0) is 26.1 Å². The molecule has 0 saturated carbocycles. The fourth-order valence-electron chi connectivity index (χ4n) is 1.31. The Morgan fingerprint density at radius 2 is 2.00 bits per heavy atom. The molecule has 0 amide bonds. The molecule has 0 aromatic carbocycles. The first-order chi connectivity index (χ1) is 6.29. The average Bonchev–Trinajstić information content (AvgIpc) is 2.01. The third kappa shape index (κ3) is 1.84. The number of allylic oxidation sites excluding steroid dienone is 2. The molecule has 1 unspecified atom stereocenters. The minimum Gasteiger partial charge on any atom is -0.385 e. The number of likely N-dealkylation sites (N-methyl/N-ethyl adjacent to an activating group) is 1. The topological polar surface area (TPSA) is 50.1 Å². The highest BCUT2D eigenvalue weighted by Gasteiger charge is 2.46. The minimum absolute atomic E-state index is 0.204. The van der Waals surface area contributed by atoms with Crippen molar-refractivity contribution in [1.29, 1.82) is 0 Å². The number of dihydropyridines is 1. The molecule has 1 aliphatic heterocycles. The van der Waals surface area contributed by atoms with E-state index in [0.717, 1.165) is 6.08 Å². The van der Waals surface area contributed by atoms with E-state index in [9.17, 15) is 13.2 Å². The van der Waals surface area contributed by atoms with Crippen LogP contribution < -0.4 is 16.4 Å². The van der Waals surface area contributed by atoms with Crippen LogP contribution in [0.15, 0.2) is 23.5 Å². The predicted octanol–water partition coefficient (Wildman–Crippen LogP) is 0.814. The van der Waals surface area contributed by atoms with Gasteiger partial charge in [0.2, 0.25) is 0 Å². The Labute approximate surface area is 79.8 Å². The first-order valence-corrected chi connectivity index (χ1v) is 4.02. The van der Waals surface area contributed by atoms with E-state index < -0.39 is 17.4 Å². The molecule has 14 heavy (non-hydrogen) atoms. The van der Waals surface area contributed by atoms with Crippen LogP contribution in [0.2, 0.25) is 0 Å².